The van der Waals surface area contributed by atoms with E-state index in [2.05, 4.69) is 36.6 Å². The zero-order chi connectivity index (χ0) is 9.68. The van der Waals surface area contributed by atoms with E-state index >= 15 is 0 Å². The summed E-state index contributed by atoms with van der Waals surface area (Å²) in [5.41, 5.74) is 4.90. The van der Waals surface area contributed by atoms with Gasteiger partial charge < -0.3 is 10.3 Å². The summed E-state index contributed by atoms with van der Waals surface area (Å²) in [4.78, 5) is 2.18. The molecule has 0 aliphatic rings. The number of anilines is 1. The maximum Gasteiger partial charge on any atom is 0.0485 e. The molecule has 0 aromatic heterocycles. The van der Waals surface area contributed by atoms with Crippen LogP contribution in [0.4, 0.5) is 5.69 Å². The molecule has 72 valence electrons. The zero-order valence-electron chi connectivity index (χ0n) is 8.25. The molecule has 0 spiro atoms. The summed E-state index contributed by atoms with van der Waals surface area (Å²) in [6.45, 7) is 1.08. The third kappa shape index (κ3) is 3.44. The van der Waals surface area contributed by atoms with Gasteiger partial charge in [-0.3, -0.25) is 5.84 Å². The molecule has 3 nitrogen and oxygen atoms in total. The molecule has 0 bridgehead atoms. The molecule has 1 aromatic rings. The number of hydrazine groups is 1. The first-order chi connectivity index (χ1) is 6.22. The molecule has 0 aliphatic carbocycles. The molecule has 0 saturated heterocycles. The maximum absolute atomic E-state index is 5.26. The van der Waals surface area contributed by atoms with Crippen LogP contribution >= 0.6 is 0 Å². The minimum absolute atomic E-state index is 0.952. The molecule has 13 heavy (non-hydrogen) atoms. The Bertz CT molecular complexity index is 241. The smallest absolute Gasteiger partial charge is 0.0485 e. The van der Waals surface area contributed by atoms with Crippen molar-refractivity contribution in [2.45, 2.75) is 6.42 Å². The van der Waals surface area contributed by atoms with E-state index in [4.69, 9.17) is 5.84 Å². The third-order valence-electron chi connectivity index (χ3n) is 1.97. The standard InChI is InChI=1S/C10H17N3/c1-13(2)8-7-9-3-5-10(12-11)6-4-9/h3-6,12H,7-8,11H2,1-2H3. The highest BCUT2D eigenvalue weighted by molar-refractivity contribution is 5.43. The topological polar surface area (TPSA) is 41.3 Å². The summed E-state index contributed by atoms with van der Waals surface area (Å²) >= 11 is 0. The van der Waals surface area contributed by atoms with Gasteiger partial charge in [0.1, 0.15) is 0 Å². The Morgan fingerprint density at radius 2 is 1.85 bits per heavy atom. The summed E-state index contributed by atoms with van der Waals surface area (Å²) in [6.07, 6.45) is 1.08. The third-order valence-corrected chi connectivity index (χ3v) is 1.97. The zero-order valence-corrected chi connectivity index (χ0v) is 8.25. The number of nitrogens with two attached hydrogens (primary N) is 1. The van der Waals surface area contributed by atoms with E-state index in [1.165, 1.54) is 5.56 Å². The Morgan fingerprint density at radius 3 is 2.31 bits per heavy atom. The van der Waals surface area contributed by atoms with Crippen LogP contribution in [0, 0.1) is 0 Å². The molecular formula is C10H17N3. The fourth-order valence-electron chi connectivity index (χ4n) is 1.12. The maximum atomic E-state index is 5.26. The van der Waals surface area contributed by atoms with Gasteiger partial charge >= 0.3 is 0 Å². The molecule has 0 saturated carbocycles. The Morgan fingerprint density at radius 1 is 1.23 bits per heavy atom. The van der Waals surface area contributed by atoms with Crippen molar-refractivity contribution in [3.63, 3.8) is 0 Å². The van der Waals surface area contributed by atoms with Crippen molar-refractivity contribution in [1.29, 1.82) is 0 Å². The number of rotatable bonds is 4. The van der Waals surface area contributed by atoms with Crippen molar-refractivity contribution in [3.8, 4) is 0 Å². The average molecular weight is 179 g/mol. The van der Waals surface area contributed by atoms with E-state index in [9.17, 15) is 0 Å². The van der Waals surface area contributed by atoms with Crippen LogP contribution in [0.1, 0.15) is 5.56 Å². The number of hydrogen-bond donors (Lipinski definition) is 2. The van der Waals surface area contributed by atoms with Gasteiger partial charge in [0.15, 0.2) is 0 Å². The van der Waals surface area contributed by atoms with Crippen LogP contribution in [0.5, 0.6) is 0 Å². The number of likely N-dealkylation sites (N-methyl/N-ethyl adjacent to an activating group) is 1. The monoisotopic (exact) mass is 179 g/mol. The number of hydrogen-bond acceptors (Lipinski definition) is 3. The van der Waals surface area contributed by atoms with E-state index < -0.39 is 0 Å². The van der Waals surface area contributed by atoms with Crippen LogP contribution in [-0.4, -0.2) is 25.5 Å². The van der Waals surface area contributed by atoms with E-state index in [1.54, 1.807) is 0 Å². The van der Waals surface area contributed by atoms with Crippen LogP contribution in [-0.2, 0) is 6.42 Å². The highest BCUT2D eigenvalue weighted by Gasteiger charge is 1.94. The lowest BCUT2D eigenvalue weighted by atomic mass is 10.1. The highest BCUT2D eigenvalue weighted by atomic mass is 15.2. The first-order valence-corrected chi connectivity index (χ1v) is 4.42. The molecule has 0 fully saturated rings. The van der Waals surface area contributed by atoms with Crippen molar-refractivity contribution >= 4 is 5.69 Å². The van der Waals surface area contributed by atoms with Crippen molar-refractivity contribution in [1.82, 2.24) is 4.90 Å². The van der Waals surface area contributed by atoms with E-state index in [-0.39, 0.29) is 0 Å². The molecular weight excluding hydrogens is 162 g/mol. The molecule has 3 N–H and O–H groups in total. The summed E-state index contributed by atoms with van der Waals surface area (Å²) in [6, 6.07) is 8.17. The Balaban J connectivity index is 2.49. The van der Waals surface area contributed by atoms with E-state index in [0.29, 0.717) is 0 Å². The van der Waals surface area contributed by atoms with Crippen LogP contribution in [0.3, 0.4) is 0 Å². The molecule has 1 aromatic carbocycles. The van der Waals surface area contributed by atoms with Crippen molar-refractivity contribution in [2.75, 3.05) is 26.1 Å². The molecule has 0 heterocycles. The van der Waals surface area contributed by atoms with Gasteiger partial charge in [0.05, 0.1) is 0 Å². The van der Waals surface area contributed by atoms with Gasteiger partial charge in [-0.25, -0.2) is 0 Å². The highest BCUT2D eigenvalue weighted by Crippen LogP contribution is 2.08. The number of nitrogen functional groups attached to an aromatic ring is 1. The molecule has 1 rings (SSSR count). The lowest BCUT2D eigenvalue weighted by molar-refractivity contribution is 0.413. The predicted octanol–water partition coefficient (Wildman–Crippen LogP) is 1.08. The Labute approximate surface area is 79.5 Å². The van der Waals surface area contributed by atoms with Crippen LogP contribution < -0.4 is 11.3 Å². The summed E-state index contributed by atoms with van der Waals surface area (Å²) in [5.74, 6) is 5.26. The van der Waals surface area contributed by atoms with Crippen molar-refractivity contribution in [3.05, 3.63) is 29.8 Å². The predicted molar refractivity (Wildman–Crippen MR) is 56.5 cm³/mol. The second-order valence-electron chi connectivity index (χ2n) is 3.39. The molecule has 3 heteroatoms. The molecule has 0 unspecified atom stereocenters. The summed E-state index contributed by atoms with van der Waals surface area (Å²) < 4.78 is 0. The lowest BCUT2D eigenvalue weighted by Gasteiger charge is -2.09. The Kier molecular flexibility index (Phi) is 3.73. The van der Waals surface area contributed by atoms with Gasteiger partial charge in [-0.1, -0.05) is 12.1 Å². The number of benzene rings is 1. The second-order valence-corrected chi connectivity index (χ2v) is 3.39. The SMILES string of the molecule is CN(C)CCc1ccc(NN)cc1. The van der Waals surface area contributed by atoms with Gasteiger partial charge in [-0.2, -0.15) is 0 Å². The number of nitrogens with zero attached hydrogens (tertiary/aromatic N) is 1. The Hall–Kier alpha value is -1.06. The minimum Gasteiger partial charge on any atom is -0.324 e. The van der Waals surface area contributed by atoms with E-state index in [0.717, 1.165) is 18.7 Å². The van der Waals surface area contributed by atoms with Crippen LogP contribution in [0.25, 0.3) is 0 Å². The quantitative estimate of drug-likeness (QED) is 0.537. The minimum atomic E-state index is 0.952. The molecule has 0 radical (unpaired) electrons. The van der Waals surface area contributed by atoms with Crippen molar-refractivity contribution in [2.24, 2.45) is 5.84 Å². The van der Waals surface area contributed by atoms with Crippen molar-refractivity contribution < 1.29 is 0 Å². The van der Waals surface area contributed by atoms with Gasteiger partial charge in [0.25, 0.3) is 0 Å². The van der Waals surface area contributed by atoms with E-state index in [1.807, 2.05) is 12.1 Å². The van der Waals surface area contributed by atoms with Gasteiger partial charge in [-0.15, -0.1) is 0 Å². The average Bonchev–Trinajstić information content (AvgIpc) is 2.15. The second kappa shape index (κ2) is 4.84. The van der Waals surface area contributed by atoms with Crippen LogP contribution in [0.15, 0.2) is 24.3 Å². The first kappa shape index (κ1) is 10.0. The summed E-state index contributed by atoms with van der Waals surface area (Å²) in [7, 11) is 4.16. The van der Waals surface area contributed by atoms with Gasteiger partial charge in [-0.05, 0) is 38.2 Å². The largest absolute Gasteiger partial charge is 0.324 e. The molecule has 0 amide bonds. The van der Waals surface area contributed by atoms with Gasteiger partial charge in [0, 0.05) is 12.2 Å². The molecule has 0 atom stereocenters. The van der Waals surface area contributed by atoms with Gasteiger partial charge in [0.2, 0.25) is 0 Å². The normalized spacial score (nSPS) is 10.5. The number of nitrogens with one attached hydrogen (secondary N) is 1. The lowest BCUT2D eigenvalue weighted by Crippen LogP contribution is -2.15. The summed E-state index contributed by atoms with van der Waals surface area (Å²) in [5, 5.41) is 0. The first-order valence-electron chi connectivity index (χ1n) is 4.42. The fourth-order valence-corrected chi connectivity index (χ4v) is 1.12. The van der Waals surface area contributed by atoms with Crippen LogP contribution in [0.2, 0.25) is 0 Å². The fraction of sp³-hybridized carbons (Fsp3) is 0.400. The molecule has 0 aliphatic heterocycles.